The highest BCUT2D eigenvalue weighted by Crippen LogP contribution is 2.47. The normalized spacial score (nSPS) is 31.1. The van der Waals surface area contributed by atoms with Gasteiger partial charge in [0.1, 0.15) is 5.69 Å². The number of hydrogen-bond acceptors (Lipinski definition) is 4. The van der Waals surface area contributed by atoms with Gasteiger partial charge in [-0.05, 0) is 50.4 Å². The number of halogens is 2. The van der Waals surface area contributed by atoms with Crippen molar-refractivity contribution in [1.29, 1.82) is 0 Å². The van der Waals surface area contributed by atoms with Crippen molar-refractivity contribution in [3.05, 3.63) is 59.2 Å². The number of rotatable bonds is 2. The van der Waals surface area contributed by atoms with Gasteiger partial charge in [0.15, 0.2) is 11.6 Å². The lowest BCUT2D eigenvalue weighted by atomic mass is 9.75. The number of amides is 1. The topological polar surface area (TPSA) is 49.3 Å². The van der Waals surface area contributed by atoms with Gasteiger partial charge < -0.3 is 4.90 Å². The van der Waals surface area contributed by atoms with Gasteiger partial charge in [0.05, 0.1) is 17.9 Å². The lowest BCUT2D eigenvalue weighted by Gasteiger charge is -2.51. The van der Waals surface area contributed by atoms with Gasteiger partial charge >= 0.3 is 0 Å². The third kappa shape index (κ3) is 2.64. The molecule has 1 aromatic carbocycles. The van der Waals surface area contributed by atoms with Gasteiger partial charge in [0.25, 0.3) is 5.91 Å². The molecular weight excluding hydrogens is 362 g/mol. The predicted molar refractivity (Wildman–Crippen MR) is 98.8 cm³/mol. The minimum absolute atomic E-state index is 0.00534. The number of hydrogen-bond donors (Lipinski definition) is 0. The molecule has 3 atom stereocenters. The van der Waals surface area contributed by atoms with E-state index in [1.54, 1.807) is 18.3 Å². The number of carbonyl (C=O) groups is 1. The van der Waals surface area contributed by atoms with E-state index in [1.807, 2.05) is 11.8 Å². The van der Waals surface area contributed by atoms with Gasteiger partial charge in [-0.3, -0.25) is 14.7 Å². The van der Waals surface area contributed by atoms with E-state index < -0.39 is 11.6 Å². The Morgan fingerprint density at radius 2 is 1.89 bits per heavy atom. The maximum absolute atomic E-state index is 14.6. The van der Waals surface area contributed by atoms with Crippen LogP contribution in [0.3, 0.4) is 0 Å². The van der Waals surface area contributed by atoms with Gasteiger partial charge in [0, 0.05) is 24.7 Å². The molecule has 0 saturated carbocycles. The zero-order valence-electron chi connectivity index (χ0n) is 15.7. The molecule has 146 valence electrons. The predicted octanol–water partition coefficient (Wildman–Crippen LogP) is 2.77. The molecule has 7 heteroatoms. The van der Waals surface area contributed by atoms with Crippen LogP contribution in [0.1, 0.15) is 40.5 Å². The van der Waals surface area contributed by atoms with Gasteiger partial charge in [-0.2, -0.15) is 0 Å². The average Bonchev–Trinajstić information content (AvgIpc) is 3.14. The first-order valence-corrected chi connectivity index (χ1v) is 9.82. The van der Waals surface area contributed by atoms with Crippen LogP contribution in [0, 0.1) is 24.5 Å². The van der Waals surface area contributed by atoms with Crippen LogP contribution in [-0.4, -0.2) is 57.4 Å². The molecule has 1 amide bonds. The van der Waals surface area contributed by atoms with E-state index in [0.29, 0.717) is 23.7 Å². The number of carbonyl (C=O) groups excluding carboxylic acids is 1. The molecule has 1 aromatic heterocycles. The molecule has 5 heterocycles. The summed E-state index contributed by atoms with van der Waals surface area (Å²) < 4.78 is 28.5. The Labute approximate surface area is 162 Å². The van der Waals surface area contributed by atoms with Gasteiger partial charge in [0.2, 0.25) is 0 Å². The number of aryl methyl sites for hydroxylation is 1. The van der Waals surface area contributed by atoms with E-state index in [-0.39, 0.29) is 23.9 Å². The van der Waals surface area contributed by atoms with E-state index in [4.69, 9.17) is 0 Å². The number of benzene rings is 1. The van der Waals surface area contributed by atoms with Crippen molar-refractivity contribution in [3.63, 3.8) is 0 Å². The molecule has 4 aliphatic rings. The Balaban J connectivity index is 1.55. The molecule has 2 aromatic rings. The third-order valence-electron chi connectivity index (χ3n) is 6.64. The summed E-state index contributed by atoms with van der Waals surface area (Å²) in [6.07, 6.45) is 5.15. The number of nitrogens with zero attached hydrogens (tertiary/aromatic N) is 4. The van der Waals surface area contributed by atoms with E-state index >= 15 is 0 Å². The van der Waals surface area contributed by atoms with Crippen LogP contribution in [0.4, 0.5) is 8.78 Å². The molecular formula is C21H22F2N4O. The summed E-state index contributed by atoms with van der Waals surface area (Å²) in [4.78, 5) is 25.9. The minimum Gasteiger partial charge on any atom is -0.332 e. The maximum atomic E-state index is 14.6. The average molecular weight is 384 g/mol. The molecule has 2 bridgehead atoms. The summed E-state index contributed by atoms with van der Waals surface area (Å²) in [6, 6.07) is 4.37. The monoisotopic (exact) mass is 384 g/mol. The van der Waals surface area contributed by atoms with Crippen LogP contribution in [0.2, 0.25) is 0 Å². The molecule has 4 aliphatic heterocycles. The van der Waals surface area contributed by atoms with Crippen molar-refractivity contribution in [3.8, 4) is 0 Å². The molecule has 0 unspecified atom stereocenters. The second-order valence-corrected chi connectivity index (χ2v) is 8.10. The van der Waals surface area contributed by atoms with Crippen molar-refractivity contribution < 1.29 is 13.6 Å². The van der Waals surface area contributed by atoms with Crippen molar-refractivity contribution in [2.75, 3.05) is 19.6 Å². The molecule has 0 aliphatic carbocycles. The highest BCUT2D eigenvalue weighted by Gasteiger charge is 2.55. The molecule has 28 heavy (non-hydrogen) atoms. The first kappa shape index (κ1) is 17.7. The van der Waals surface area contributed by atoms with Gasteiger partial charge in [-0.25, -0.2) is 13.8 Å². The van der Waals surface area contributed by atoms with E-state index in [0.717, 1.165) is 37.7 Å². The molecule has 0 N–H and O–H groups in total. The van der Waals surface area contributed by atoms with Crippen molar-refractivity contribution >= 4 is 5.91 Å². The fourth-order valence-electron chi connectivity index (χ4n) is 5.38. The van der Waals surface area contributed by atoms with Crippen LogP contribution >= 0.6 is 0 Å². The van der Waals surface area contributed by atoms with Crippen molar-refractivity contribution in [2.45, 2.75) is 37.8 Å². The second kappa shape index (κ2) is 6.58. The standard InChI is InChI=1S/C21H22F2N4O/c1-12-9-25-17(10-24-12)21(28)27-11-15(14-3-2-4-16(22)18(14)23)20-19(27)13-5-7-26(20)8-6-13/h2-4,9-10,13,15,19-20H,5-8,11H2,1H3/t15-,19+,20+/m1/s1. The molecule has 4 saturated heterocycles. The fraction of sp³-hybridized carbons (Fsp3) is 0.476. The van der Waals surface area contributed by atoms with Crippen LogP contribution in [-0.2, 0) is 0 Å². The summed E-state index contributed by atoms with van der Waals surface area (Å²) in [5.41, 5.74) is 1.42. The van der Waals surface area contributed by atoms with Crippen molar-refractivity contribution in [1.82, 2.24) is 19.8 Å². The second-order valence-electron chi connectivity index (χ2n) is 8.10. The third-order valence-corrected chi connectivity index (χ3v) is 6.64. The van der Waals surface area contributed by atoms with Gasteiger partial charge in [-0.15, -0.1) is 0 Å². The smallest absolute Gasteiger partial charge is 0.274 e. The highest BCUT2D eigenvalue weighted by atomic mass is 19.2. The van der Waals surface area contributed by atoms with E-state index in [9.17, 15) is 13.6 Å². The van der Waals surface area contributed by atoms with Crippen LogP contribution in [0.25, 0.3) is 0 Å². The summed E-state index contributed by atoms with van der Waals surface area (Å²) in [5.74, 6) is -1.65. The zero-order chi connectivity index (χ0) is 19.4. The quantitative estimate of drug-likeness (QED) is 0.799. The summed E-state index contributed by atoms with van der Waals surface area (Å²) in [6.45, 7) is 4.09. The number of fused-ring (bicyclic) bond motifs is 2. The lowest BCUT2D eigenvalue weighted by molar-refractivity contribution is -0.00378. The van der Waals surface area contributed by atoms with Crippen LogP contribution in [0.5, 0.6) is 0 Å². The molecule has 6 rings (SSSR count). The Morgan fingerprint density at radius 3 is 2.61 bits per heavy atom. The SMILES string of the molecule is Cc1cnc(C(=O)N2C[C@H](c3cccc(F)c3F)[C@H]3[C@@H]2C2CCN3CC2)cn1. The maximum Gasteiger partial charge on any atom is 0.274 e. The Kier molecular flexibility index (Phi) is 4.16. The van der Waals surface area contributed by atoms with E-state index in [1.165, 1.54) is 6.20 Å². The molecule has 5 nitrogen and oxygen atoms in total. The molecule has 0 spiro atoms. The lowest BCUT2D eigenvalue weighted by Crippen LogP contribution is -2.60. The Bertz CT molecular complexity index is 911. The molecule has 0 radical (unpaired) electrons. The summed E-state index contributed by atoms with van der Waals surface area (Å²) in [7, 11) is 0. The Morgan fingerprint density at radius 1 is 1.11 bits per heavy atom. The molecule has 4 fully saturated rings. The largest absolute Gasteiger partial charge is 0.332 e. The van der Waals surface area contributed by atoms with Crippen molar-refractivity contribution in [2.24, 2.45) is 5.92 Å². The van der Waals surface area contributed by atoms with E-state index in [2.05, 4.69) is 14.9 Å². The van der Waals surface area contributed by atoms with Crippen LogP contribution in [0.15, 0.2) is 30.6 Å². The summed E-state index contributed by atoms with van der Waals surface area (Å²) >= 11 is 0. The number of piperidine rings is 3. The fourth-order valence-corrected chi connectivity index (χ4v) is 5.38. The number of likely N-dealkylation sites (tertiary alicyclic amines) is 1. The highest BCUT2D eigenvalue weighted by molar-refractivity contribution is 5.92. The zero-order valence-corrected chi connectivity index (χ0v) is 15.7. The van der Waals surface area contributed by atoms with Gasteiger partial charge in [-0.1, -0.05) is 12.1 Å². The first-order valence-electron chi connectivity index (χ1n) is 9.82. The Hall–Kier alpha value is -2.41. The number of aromatic nitrogens is 2. The minimum atomic E-state index is -0.834. The summed E-state index contributed by atoms with van der Waals surface area (Å²) in [5, 5.41) is 0. The first-order chi connectivity index (χ1) is 13.5. The van der Waals surface area contributed by atoms with Crippen LogP contribution < -0.4 is 0 Å².